The van der Waals surface area contributed by atoms with Crippen LogP contribution in [0.4, 0.5) is 11.4 Å². The van der Waals surface area contributed by atoms with E-state index < -0.39 is 13.2 Å². The third-order valence-electron chi connectivity index (χ3n) is 4.82. The Morgan fingerprint density at radius 1 is 0.967 bits per heavy atom. The van der Waals surface area contributed by atoms with Gasteiger partial charge in [-0.25, -0.2) is 0 Å². The highest BCUT2D eigenvalue weighted by atomic mass is 79.9. The molecule has 3 aromatic carbocycles. The van der Waals surface area contributed by atoms with Gasteiger partial charge in [0.05, 0.1) is 6.61 Å². The predicted octanol–water partition coefficient (Wildman–Crippen LogP) is 6.66. The molecule has 0 spiro atoms. The van der Waals surface area contributed by atoms with Crippen LogP contribution < -0.4 is 15.5 Å². The van der Waals surface area contributed by atoms with E-state index in [1.807, 2.05) is 105 Å². The summed E-state index contributed by atoms with van der Waals surface area (Å²) in [6, 6.07) is 25.6. The average molecular weight is 487 g/mol. The molecule has 0 heterocycles. The number of halogens is 1. The predicted molar refractivity (Wildman–Crippen MR) is 131 cm³/mol. The second-order valence-electron chi connectivity index (χ2n) is 7.31. The first-order chi connectivity index (χ1) is 14.4. The van der Waals surface area contributed by atoms with Gasteiger partial charge in [0, 0.05) is 35.2 Å². The van der Waals surface area contributed by atoms with Crippen LogP contribution in [-0.4, -0.2) is 20.7 Å². The van der Waals surface area contributed by atoms with Crippen molar-refractivity contribution in [1.82, 2.24) is 0 Å². The average Bonchev–Trinajstić information content (AvgIpc) is 2.77. The van der Waals surface area contributed by atoms with Crippen molar-refractivity contribution in [3.8, 4) is 0 Å². The highest BCUT2D eigenvalue weighted by molar-refractivity contribution is 9.10. The van der Waals surface area contributed by atoms with E-state index in [0.29, 0.717) is 11.9 Å². The summed E-state index contributed by atoms with van der Waals surface area (Å²) in [6.45, 7) is 2.45. The fraction of sp³-hybridized carbons (Fsp3) is 0.250. The maximum absolute atomic E-state index is 14.5. The van der Waals surface area contributed by atoms with Gasteiger partial charge in [0.2, 0.25) is 0 Å². The Morgan fingerprint density at radius 2 is 1.60 bits per heavy atom. The zero-order valence-corrected chi connectivity index (χ0v) is 20.1. The molecule has 3 rings (SSSR count). The molecule has 0 aliphatic rings. The van der Waals surface area contributed by atoms with E-state index in [0.717, 1.165) is 27.8 Å². The zero-order valence-electron chi connectivity index (χ0n) is 17.6. The minimum atomic E-state index is -3.30. The van der Waals surface area contributed by atoms with Gasteiger partial charge in [-0.3, -0.25) is 4.57 Å². The number of anilines is 2. The monoisotopic (exact) mass is 486 g/mol. The molecule has 0 aromatic heterocycles. The molecule has 0 aliphatic heterocycles. The fourth-order valence-electron chi connectivity index (χ4n) is 3.19. The minimum Gasteiger partial charge on any atom is -0.378 e. The van der Waals surface area contributed by atoms with Crippen LogP contribution in [0.2, 0.25) is 0 Å². The lowest BCUT2D eigenvalue weighted by atomic mass is 10.2. The normalized spacial score (nSPS) is 14.0. The summed E-state index contributed by atoms with van der Waals surface area (Å²) in [6.07, 6.45) is 0.790. The van der Waals surface area contributed by atoms with Crippen LogP contribution in [0, 0.1) is 0 Å². The molecule has 2 atom stereocenters. The second-order valence-corrected chi connectivity index (χ2v) is 10.7. The van der Waals surface area contributed by atoms with E-state index in [4.69, 9.17) is 4.52 Å². The largest absolute Gasteiger partial charge is 0.378 e. The Balaban J connectivity index is 2.10. The van der Waals surface area contributed by atoms with Crippen molar-refractivity contribution in [3.05, 3.63) is 88.9 Å². The highest BCUT2D eigenvalue weighted by Gasteiger charge is 2.37. The summed E-state index contributed by atoms with van der Waals surface area (Å²) >= 11 is 3.49. The number of para-hydroxylation sites is 1. The van der Waals surface area contributed by atoms with Gasteiger partial charge in [0.15, 0.2) is 0 Å². The van der Waals surface area contributed by atoms with E-state index in [9.17, 15) is 4.57 Å². The third-order valence-corrected chi connectivity index (χ3v) is 8.04. The molecule has 30 heavy (non-hydrogen) atoms. The van der Waals surface area contributed by atoms with Gasteiger partial charge in [-0.2, -0.15) is 0 Å². The first kappa shape index (κ1) is 22.6. The van der Waals surface area contributed by atoms with Crippen LogP contribution in [0.5, 0.6) is 0 Å². The zero-order chi connectivity index (χ0) is 21.6. The second kappa shape index (κ2) is 10.3. The molecule has 0 aliphatic carbocycles. The van der Waals surface area contributed by atoms with E-state index in [1.165, 1.54) is 0 Å². The van der Waals surface area contributed by atoms with Gasteiger partial charge in [-0.1, -0.05) is 53.2 Å². The molecule has 0 radical (unpaired) electrons. The SMILES string of the molecule is CCCOP(=O)(c1ccc(N(C)C)cc1)C(Nc1ccccc1)c1ccc(Br)cc1. The number of rotatable bonds is 9. The summed E-state index contributed by atoms with van der Waals surface area (Å²) in [5.41, 5.74) is 2.87. The Hall–Kier alpha value is -2.07. The molecule has 2 unspecified atom stereocenters. The molecule has 1 N–H and O–H groups in total. The van der Waals surface area contributed by atoms with Crippen molar-refractivity contribution in [3.63, 3.8) is 0 Å². The number of nitrogens with one attached hydrogen (secondary N) is 1. The third kappa shape index (κ3) is 5.34. The van der Waals surface area contributed by atoms with Gasteiger partial charge in [-0.15, -0.1) is 0 Å². The lowest BCUT2D eigenvalue weighted by molar-refractivity contribution is 0.315. The Kier molecular flexibility index (Phi) is 7.76. The van der Waals surface area contributed by atoms with Crippen LogP contribution >= 0.6 is 23.3 Å². The summed E-state index contributed by atoms with van der Waals surface area (Å²) in [4.78, 5) is 2.02. The first-order valence-corrected chi connectivity index (χ1v) is 12.5. The van der Waals surface area contributed by atoms with Crippen LogP contribution in [0.1, 0.15) is 24.7 Å². The smallest absolute Gasteiger partial charge is 0.258 e. The lowest BCUT2D eigenvalue weighted by Crippen LogP contribution is -2.21. The van der Waals surface area contributed by atoms with Crippen molar-refractivity contribution >= 4 is 40.0 Å². The fourth-order valence-corrected chi connectivity index (χ4v) is 5.95. The maximum Gasteiger partial charge on any atom is 0.258 e. The molecule has 158 valence electrons. The van der Waals surface area contributed by atoms with Gasteiger partial charge in [0.25, 0.3) is 7.37 Å². The Labute approximate surface area is 187 Å². The molecule has 3 aromatic rings. The van der Waals surface area contributed by atoms with Crippen molar-refractivity contribution in [2.75, 3.05) is 30.9 Å². The molecule has 0 amide bonds. The van der Waals surface area contributed by atoms with E-state index in [2.05, 4.69) is 21.2 Å². The molecule has 6 heteroatoms. The van der Waals surface area contributed by atoms with Gasteiger partial charge < -0.3 is 14.7 Å². The number of hydrogen-bond acceptors (Lipinski definition) is 4. The molecule has 4 nitrogen and oxygen atoms in total. The highest BCUT2D eigenvalue weighted by Crippen LogP contribution is 2.59. The molecule has 0 fully saturated rings. The molecular weight excluding hydrogens is 459 g/mol. The summed E-state index contributed by atoms with van der Waals surface area (Å²) in [5.74, 6) is -0.509. The van der Waals surface area contributed by atoms with Crippen LogP contribution in [0.15, 0.2) is 83.3 Å². The van der Waals surface area contributed by atoms with E-state index >= 15 is 0 Å². The summed E-state index contributed by atoms with van der Waals surface area (Å²) < 4.78 is 21.7. The van der Waals surface area contributed by atoms with Crippen LogP contribution in [-0.2, 0) is 9.09 Å². The Morgan fingerprint density at radius 3 is 2.17 bits per heavy atom. The van der Waals surface area contributed by atoms with Gasteiger partial charge in [0.1, 0.15) is 5.78 Å². The van der Waals surface area contributed by atoms with E-state index in [1.54, 1.807) is 0 Å². The van der Waals surface area contributed by atoms with Crippen LogP contribution in [0.25, 0.3) is 0 Å². The van der Waals surface area contributed by atoms with Crippen molar-refractivity contribution in [2.24, 2.45) is 0 Å². The number of nitrogens with zero attached hydrogens (tertiary/aromatic N) is 1. The van der Waals surface area contributed by atoms with E-state index in [-0.39, 0.29) is 0 Å². The molecule has 0 saturated carbocycles. The van der Waals surface area contributed by atoms with Crippen molar-refractivity contribution in [2.45, 2.75) is 19.1 Å². The quantitative estimate of drug-likeness (QED) is 0.343. The van der Waals surface area contributed by atoms with Gasteiger partial charge >= 0.3 is 0 Å². The molecule has 0 bridgehead atoms. The topological polar surface area (TPSA) is 41.6 Å². The van der Waals surface area contributed by atoms with Gasteiger partial charge in [-0.05, 0) is 60.5 Å². The first-order valence-electron chi connectivity index (χ1n) is 10.0. The maximum atomic E-state index is 14.5. The Bertz CT molecular complexity index is 976. The van der Waals surface area contributed by atoms with Crippen molar-refractivity contribution in [1.29, 1.82) is 0 Å². The number of benzene rings is 3. The minimum absolute atomic E-state index is 0.427. The standard InChI is InChI=1S/C24H28BrN2O2P/c1-4-18-29-30(28,23-16-14-22(15-17-23)27(2)3)24(19-10-12-20(25)13-11-19)26-21-8-6-5-7-9-21/h5-17,24,26H,4,18H2,1-3H3. The lowest BCUT2D eigenvalue weighted by Gasteiger charge is -2.30. The summed E-state index contributed by atoms with van der Waals surface area (Å²) in [7, 11) is 0.684. The van der Waals surface area contributed by atoms with Crippen LogP contribution in [0.3, 0.4) is 0 Å². The van der Waals surface area contributed by atoms with Crippen molar-refractivity contribution < 1.29 is 9.09 Å². The number of hydrogen-bond donors (Lipinski definition) is 1. The summed E-state index contributed by atoms with van der Waals surface area (Å²) in [5, 5.41) is 4.19. The molecular formula is C24H28BrN2O2P. The molecule has 0 saturated heterocycles.